The first kappa shape index (κ1) is 28.4. The zero-order valence-corrected chi connectivity index (χ0v) is 15.7. The Labute approximate surface area is 170 Å². The number of carbonyl (C=O) groups is 4. The number of carboxylic acid groups (broad SMARTS) is 4. The zero-order chi connectivity index (χ0) is 21.1. The number of nitrogens with one attached hydrogen (secondary N) is 1. The van der Waals surface area contributed by atoms with E-state index in [1.165, 1.54) is 68.0 Å². The number of carboxylic acids is 4. The van der Waals surface area contributed by atoms with Crippen molar-refractivity contribution in [3.8, 4) is 0 Å². The van der Waals surface area contributed by atoms with Gasteiger partial charge in [-0.3, -0.25) is 0 Å². The predicted octanol–water partition coefficient (Wildman–Crippen LogP) is 0.496. The van der Waals surface area contributed by atoms with Gasteiger partial charge in [0.1, 0.15) is 0 Å². The maximum atomic E-state index is 10.3. The van der Waals surface area contributed by atoms with Gasteiger partial charge in [-0.2, -0.15) is 0 Å². The van der Waals surface area contributed by atoms with Crippen LogP contribution in [0, 0.1) is 0 Å². The Morgan fingerprint density at radius 3 is 0.733 bits per heavy atom. The topological polar surface area (TPSA) is 224 Å². The third-order valence-electron chi connectivity index (χ3n) is 3.46. The lowest BCUT2D eigenvalue weighted by Gasteiger charge is -2.09. The van der Waals surface area contributed by atoms with E-state index in [1.807, 2.05) is 0 Å². The van der Waals surface area contributed by atoms with Gasteiger partial charge < -0.3 is 36.7 Å². The van der Waals surface area contributed by atoms with Crippen LogP contribution < -0.4 is 5.32 Å². The van der Waals surface area contributed by atoms with Gasteiger partial charge >= 0.3 is 23.9 Å². The lowest BCUT2D eigenvalue weighted by Crippen LogP contribution is -2.29. The average molecular weight is 425 g/mol. The molecule has 164 valence electrons. The standard InChI is InChI=1S/2C8H6O4.C3H7N.2H2O/c2*9-7(10)5-1-2-6(4-3-5)8(11)12;1-2-4-3-1;;/h2*1-4H,(H,9,10)(H,11,12);4H,1-3H2;2*1H2. The molecule has 0 aliphatic carbocycles. The molecule has 0 aromatic heterocycles. The van der Waals surface area contributed by atoms with Crippen LogP contribution in [-0.4, -0.2) is 68.3 Å². The van der Waals surface area contributed by atoms with Crippen LogP contribution in [0.2, 0.25) is 0 Å². The summed E-state index contributed by atoms with van der Waals surface area (Å²) in [6, 6.07) is 10.0. The zero-order valence-electron chi connectivity index (χ0n) is 15.7. The van der Waals surface area contributed by atoms with Crippen molar-refractivity contribution in [2.24, 2.45) is 0 Å². The molecule has 3 rings (SSSR count). The third kappa shape index (κ3) is 9.94. The molecule has 11 heteroatoms. The van der Waals surface area contributed by atoms with Crippen LogP contribution in [0.5, 0.6) is 0 Å². The molecule has 0 spiro atoms. The molecule has 1 fully saturated rings. The highest BCUT2D eigenvalue weighted by Gasteiger charge is 2.05. The van der Waals surface area contributed by atoms with E-state index in [-0.39, 0.29) is 33.2 Å². The fourth-order valence-electron chi connectivity index (χ4n) is 1.69. The van der Waals surface area contributed by atoms with Gasteiger partial charge in [0.25, 0.3) is 0 Å². The number of benzene rings is 2. The van der Waals surface area contributed by atoms with Gasteiger partial charge in [-0.05, 0) is 68.0 Å². The maximum Gasteiger partial charge on any atom is 0.335 e. The van der Waals surface area contributed by atoms with Crippen molar-refractivity contribution in [2.75, 3.05) is 13.1 Å². The van der Waals surface area contributed by atoms with Crippen LogP contribution in [0.15, 0.2) is 48.5 Å². The number of aromatic carboxylic acids is 4. The quantitative estimate of drug-likeness (QED) is 0.459. The largest absolute Gasteiger partial charge is 0.478 e. The second-order valence-corrected chi connectivity index (χ2v) is 5.48. The van der Waals surface area contributed by atoms with Crippen molar-refractivity contribution in [1.29, 1.82) is 0 Å². The molecule has 0 atom stereocenters. The van der Waals surface area contributed by atoms with E-state index in [0.29, 0.717) is 0 Å². The molecule has 1 heterocycles. The number of hydrogen-bond donors (Lipinski definition) is 5. The van der Waals surface area contributed by atoms with Gasteiger partial charge in [-0.15, -0.1) is 0 Å². The molecule has 0 amide bonds. The Morgan fingerprint density at radius 2 is 0.667 bits per heavy atom. The van der Waals surface area contributed by atoms with Crippen molar-refractivity contribution in [3.63, 3.8) is 0 Å². The summed E-state index contributed by atoms with van der Waals surface area (Å²) >= 11 is 0. The SMILES string of the molecule is C1CNC1.O.O.O=C(O)c1ccc(C(=O)O)cc1.O=C(O)c1ccc(C(=O)O)cc1. The molecule has 1 aliphatic heterocycles. The van der Waals surface area contributed by atoms with Gasteiger partial charge in [-0.25, -0.2) is 19.2 Å². The summed E-state index contributed by atoms with van der Waals surface area (Å²) in [5, 5.41) is 37.0. The summed E-state index contributed by atoms with van der Waals surface area (Å²) in [5.41, 5.74) is 0.333. The molecule has 1 saturated heterocycles. The summed E-state index contributed by atoms with van der Waals surface area (Å²) in [6.45, 7) is 2.50. The maximum absolute atomic E-state index is 10.3. The molecule has 2 aromatic rings. The lowest BCUT2D eigenvalue weighted by molar-refractivity contribution is 0.0681. The molecule has 0 radical (unpaired) electrons. The highest BCUT2D eigenvalue weighted by atomic mass is 16.4. The Balaban J connectivity index is 0. The predicted molar refractivity (Wildman–Crippen MR) is 105 cm³/mol. The second kappa shape index (κ2) is 14.2. The van der Waals surface area contributed by atoms with Crippen molar-refractivity contribution >= 4 is 23.9 Å². The molecule has 2 aromatic carbocycles. The van der Waals surface area contributed by atoms with Crippen molar-refractivity contribution in [1.82, 2.24) is 5.32 Å². The van der Waals surface area contributed by atoms with E-state index in [4.69, 9.17) is 20.4 Å². The van der Waals surface area contributed by atoms with E-state index < -0.39 is 23.9 Å². The van der Waals surface area contributed by atoms with Gasteiger partial charge in [-0.1, -0.05) is 0 Å². The summed E-state index contributed by atoms with van der Waals surface area (Å²) < 4.78 is 0. The molecule has 0 bridgehead atoms. The minimum absolute atomic E-state index is 0. The Kier molecular flexibility index (Phi) is 13.5. The molecular formula is C19H23NO10. The molecule has 0 unspecified atom stereocenters. The number of rotatable bonds is 4. The smallest absolute Gasteiger partial charge is 0.335 e. The van der Waals surface area contributed by atoms with Crippen LogP contribution in [0.1, 0.15) is 47.9 Å². The first-order chi connectivity index (χ1) is 13.2. The molecule has 0 saturated carbocycles. The van der Waals surface area contributed by atoms with Gasteiger partial charge in [0.15, 0.2) is 0 Å². The van der Waals surface area contributed by atoms with Gasteiger partial charge in [0, 0.05) is 0 Å². The van der Waals surface area contributed by atoms with Crippen molar-refractivity contribution in [3.05, 3.63) is 70.8 Å². The highest BCUT2D eigenvalue weighted by Crippen LogP contribution is 2.04. The van der Waals surface area contributed by atoms with Crippen LogP contribution in [0.3, 0.4) is 0 Å². The summed E-state index contributed by atoms with van der Waals surface area (Å²) in [6.07, 6.45) is 1.39. The molecule has 9 N–H and O–H groups in total. The average Bonchev–Trinajstić information content (AvgIpc) is 2.61. The van der Waals surface area contributed by atoms with Crippen LogP contribution in [0.25, 0.3) is 0 Å². The van der Waals surface area contributed by atoms with Crippen LogP contribution in [0.4, 0.5) is 0 Å². The van der Waals surface area contributed by atoms with Gasteiger partial charge in [0.05, 0.1) is 22.3 Å². The van der Waals surface area contributed by atoms with E-state index in [0.717, 1.165) is 0 Å². The minimum atomic E-state index is -1.06. The Hall–Kier alpha value is -3.80. The van der Waals surface area contributed by atoms with E-state index >= 15 is 0 Å². The summed E-state index contributed by atoms with van der Waals surface area (Å²) in [7, 11) is 0. The van der Waals surface area contributed by atoms with Crippen molar-refractivity contribution < 1.29 is 50.6 Å². The fourth-order valence-corrected chi connectivity index (χ4v) is 1.69. The Morgan fingerprint density at radius 1 is 0.533 bits per heavy atom. The normalized spacial score (nSPS) is 10.7. The summed E-state index contributed by atoms with van der Waals surface area (Å²) in [5.74, 6) is -4.25. The van der Waals surface area contributed by atoms with Crippen molar-refractivity contribution in [2.45, 2.75) is 6.42 Å². The molecule has 30 heavy (non-hydrogen) atoms. The van der Waals surface area contributed by atoms with Crippen LogP contribution >= 0.6 is 0 Å². The van der Waals surface area contributed by atoms with Gasteiger partial charge in [0.2, 0.25) is 0 Å². The lowest BCUT2D eigenvalue weighted by atomic mass is 10.1. The number of hydrogen-bond acceptors (Lipinski definition) is 5. The van der Waals surface area contributed by atoms with E-state index in [9.17, 15) is 19.2 Å². The molecular weight excluding hydrogens is 402 g/mol. The minimum Gasteiger partial charge on any atom is -0.478 e. The molecule has 1 aliphatic rings. The van der Waals surface area contributed by atoms with E-state index in [1.54, 1.807) is 0 Å². The highest BCUT2D eigenvalue weighted by molar-refractivity contribution is 5.92. The summed E-state index contributed by atoms with van der Waals surface area (Å²) in [4.78, 5) is 41.3. The van der Waals surface area contributed by atoms with Crippen LogP contribution in [-0.2, 0) is 0 Å². The molecule has 11 nitrogen and oxygen atoms in total. The first-order valence-corrected chi connectivity index (χ1v) is 8.06. The Bertz CT molecular complexity index is 690. The monoisotopic (exact) mass is 425 g/mol. The first-order valence-electron chi connectivity index (χ1n) is 8.06. The fraction of sp³-hybridized carbons (Fsp3) is 0.158. The second-order valence-electron chi connectivity index (χ2n) is 5.48. The third-order valence-corrected chi connectivity index (χ3v) is 3.46. The van der Waals surface area contributed by atoms with E-state index in [2.05, 4.69) is 5.32 Å².